The molecule has 1 aromatic carbocycles. The molecule has 0 atom stereocenters. The van der Waals surface area contributed by atoms with Crippen LogP contribution >= 0.6 is 11.6 Å². The number of alkyl halides is 2. The molecule has 0 saturated heterocycles. The van der Waals surface area contributed by atoms with Crippen LogP contribution in [-0.2, 0) is 0 Å². The van der Waals surface area contributed by atoms with E-state index < -0.39 is 13.0 Å². The largest absolute Gasteiger partial charge is 0.378 e. The molecule has 0 aliphatic carbocycles. The number of fused-ring (bicyclic) bond motifs is 1. The van der Waals surface area contributed by atoms with Crippen molar-refractivity contribution >= 4 is 28.3 Å². The van der Waals surface area contributed by atoms with E-state index in [4.69, 9.17) is 11.6 Å². The summed E-state index contributed by atoms with van der Waals surface area (Å²) in [5, 5.41) is 18.0. The molecule has 0 unspecified atom stereocenters. The monoisotopic (exact) mass is 375 g/mol. The predicted octanol–water partition coefficient (Wildman–Crippen LogP) is 4.75. The van der Waals surface area contributed by atoms with E-state index in [-0.39, 0.29) is 5.92 Å². The minimum atomic E-state index is -2.53. The minimum absolute atomic E-state index is 0.0622. The van der Waals surface area contributed by atoms with Gasteiger partial charge in [0.15, 0.2) is 5.65 Å². The molecule has 2 heterocycles. The Morgan fingerprint density at radius 1 is 1.31 bits per heavy atom. The van der Waals surface area contributed by atoms with Gasteiger partial charge >= 0.3 is 0 Å². The lowest BCUT2D eigenvalue weighted by atomic mass is 10.1. The highest BCUT2D eigenvalue weighted by molar-refractivity contribution is 6.35. The van der Waals surface area contributed by atoms with Crippen LogP contribution in [-0.4, -0.2) is 27.7 Å². The van der Waals surface area contributed by atoms with Gasteiger partial charge in [-0.05, 0) is 24.1 Å². The SMILES string of the molecule is CC(C)c1nn(-c2c(C#N)cccc2NCC(F)F)c2nccc(Cl)c12. The van der Waals surface area contributed by atoms with Crippen LogP contribution < -0.4 is 5.32 Å². The summed E-state index contributed by atoms with van der Waals surface area (Å²) in [5.41, 5.74) is 2.26. The van der Waals surface area contributed by atoms with Gasteiger partial charge < -0.3 is 5.32 Å². The van der Waals surface area contributed by atoms with Crippen molar-refractivity contribution in [1.82, 2.24) is 14.8 Å². The highest BCUT2D eigenvalue weighted by Crippen LogP contribution is 2.34. The van der Waals surface area contributed by atoms with Crippen molar-refractivity contribution in [2.45, 2.75) is 26.2 Å². The second-order valence-corrected chi connectivity index (χ2v) is 6.44. The Kier molecular flexibility index (Phi) is 5.05. The molecule has 1 N–H and O–H groups in total. The number of nitrogens with zero attached hydrogens (tertiary/aromatic N) is 4. The maximum Gasteiger partial charge on any atom is 0.255 e. The van der Waals surface area contributed by atoms with Gasteiger partial charge in [0.1, 0.15) is 11.8 Å². The summed E-state index contributed by atoms with van der Waals surface area (Å²) in [6.07, 6.45) is -0.976. The van der Waals surface area contributed by atoms with E-state index in [9.17, 15) is 14.0 Å². The number of pyridine rings is 1. The zero-order chi connectivity index (χ0) is 18.8. The number of aromatic nitrogens is 3. The lowest BCUT2D eigenvalue weighted by Crippen LogP contribution is -2.13. The van der Waals surface area contributed by atoms with E-state index in [0.717, 1.165) is 5.69 Å². The smallest absolute Gasteiger partial charge is 0.255 e. The van der Waals surface area contributed by atoms with E-state index in [2.05, 4.69) is 21.5 Å². The Morgan fingerprint density at radius 2 is 2.08 bits per heavy atom. The van der Waals surface area contributed by atoms with E-state index in [1.54, 1.807) is 30.5 Å². The van der Waals surface area contributed by atoms with E-state index >= 15 is 0 Å². The summed E-state index contributed by atoms with van der Waals surface area (Å²) in [6.45, 7) is 3.41. The summed E-state index contributed by atoms with van der Waals surface area (Å²) in [7, 11) is 0. The van der Waals surface area contributed by atoms with E-state index in [1.165, 1.54) is 4.68 Å². The molecule has 0 fully saturated rings. The van der Waals surface area contributed by atoms with Gasteiger partial charge in [0, 0.05) is 6.20 Å². The number of hydrogen-bond donors (Lipinski definition) is 1. The summed E-state index contributed by atoms with van der Waals surface area (Å²) in [5.74, 6) is 0.0622. The van der Waals surface area contributed by atoms with Gasteiger partial charge in [0.25, 0.3) is 6.43 Å². The fourth-order valence-corrected chi connectivity index (χ4v) is 3.02. The van der Waals surface area contributed by atoms with E-state index in [1.807, 2.05) is 13.8 Å². The van der Waals surface area contributed by atoms with Crippen LogP contribution in [0.5, 0.6) is 0 Å². The molecule has 2 aromatic heterocycles. The molecule has 134 valence electrons. The molecule has 0 amide bonds. The third kappa shape index (κ3) is 3.20. The average molecular weight is 376 g/mol. The highest BCUT2D eigenvalue weighted by Gasteiger charge is 2.21. The van der Waals surface area contributed by atoms with Crippen molar-refractivity contribution < 1.29 is 8.78 Å². The summed E-state index contributed by atoms with van der Waals surface area (Å²) >= 11 is 6.35. The molecule has 26 heavy (non-hydrogen) atoms. The third-order valence-corrected chi connectivity index (χ3v) is 4.22. The van der Waals surface area contributed by atoms with Crippen molar-refractivity contribution in [3.63, 3.8) is 0 Å². The molecule has 5 nitrogen and oxygen atoms in total. The Hall–Kier alpha value is -2.72. The molecule has 0 aliphatic rings. The first-order valence-electron chi connectivity index (χ1n) is 8.02. The summed E-state index contributed by atoms with van der Waals surface area (Å²) < 4.78 is 26.8. The number of nitriles is 1. The van der Waals surface area contributed by atoms with Gasteiger partial charge in [-0.1, -0.05) is 31.5 Å². The zero-order valence-corrected chi connectivity index (χ0v) is 14.9. The molecule has 0 saturated carbocycles. The lowest BCUT2D eigenvalue weighted by Gasteiger charge is -2.13. The lowest BCUT2D eigenvalue weighted by molar-refractivity contribution is 0.163. The fraction of sp³-hybridized carbons (Fsp3) is 0.278. The Labute approximate surface area is 154 Å². The second-order valence-electron chi connectivity index (χ2n) is 6.03. The molecule has 3 aromatic rings. The Balaban J connectivity index is 2.30. The van der Waals surface area contributed by atoms with Gasteiger partial charge in [0.05, 0.1) is 33.9 Å². The summed E-state index contributed by atoms with van der Waals surface area (Å²) in [4.78, 5) is 4.36. The molecule has 0 aliphatic heterocycles. The highest BCUT2D eigenvalue weighted by atomic mass is 35.5. The van der Waals surface area contributed by atoms with Crippen molar-refractivity contribution in [2.75, 3.05) is 11.9 Å². The van der Waals surface area contributed by atoms with Crippen LogP contribution in [0.3, 0.4) is 0 Å². The molecule has 0 bridgehead atoms. The van der Waals surface area contributed by atoms with Crippen LogP contribution in [0.15, 0.2) is 30.5 Å². The molecule has 0 spiro atoms. The fourth-order valence-electron chi connectivity index (χ4n) is 2.78. The number of halogens is 3. The topological polar surface area (TPSA) is 66.5 Å². The molecule has 8 heteroatoms. The van der Waals surface area contributed by atoms with Crippen molar-refractivity contribution in [3.05, 3.63) is 46.7 Å². The molecule has 0 radical (unpaired) electrons. The first kappa shape index (κ1) is 18.1. The first-order valence-corrected chi connectivity index (χ1v) is 8.40. The van der Waals surface area contributed by atoms with Crippen molar-refractivity contribution in [2.24, 2.45) is 0 Å². The second kappa shape index (κ2) is 7.26. The van der Waals surface area contributed by atoms with Crippen LogP contribution in [0.4, 0.5) is 14.5 Å². The number of nitrogens with one attached hydrogen (secondary N) is 1. The van der Waals surface area contributed by atoms with Gasteiger partial charge in [-0.3, -0.25) is 0 Å². The maximum absolute atomic E-state index is 12.7. The van der Waals surface area contributed by atoms with Crippen LogP contribution in [0, 0.1) is 11.3 Å². The van der Waals surface area contributed by atoms with Gasteiger partial charge in [-0.2, -0.15) is 10.4 Å². The number of rotatable bonds is 5. The van der Waals surface area contributed by atoms with Gasteiger partial charge in [-0.25, -0.2) is 18.4 Å². The third-order valence-electron chi connectivity index (χ3n) is 3.91. The molecular weight excluding hydrogens is 360 g/mol. The predicted molar refractivity (Wildman–Crippen MR) is 97.2 cm³/mol. The quantitative estimate of drug-likeness (QED) is 0.699. The molecular formula is C18H16ClF2N5. The first-order chi connectivity index (χ1) is 12.4. The Morgan fingerprint density at radius 3 is 2.73 bits per heavy atom. The van der Waals surface area contributed by atoms with Crippen molar-refractivity contribution in [3.8, 4) is 11.8 Å². The van der Waals surface area contributed by atoms with Crippen LogP contribution in [0.1, 0.15) is 31.0 Å². The van der Waals surface area contributed by atoms with Gasteiger partial charge in [0.2, 0.25) is 0 Å². The van der Waals surface area contributed by atoms with E-state index in [0.29, 0.717) is 33.0 Å². The average Bonchev–Trinajstić information content (AvgIpc) is 3.00. The zero-order valence-electron chi connectivity index (χ0n) is 14.2. The standard InChI is InChI=1S/C18H16ClF2N5/c1-10(2)16-15-12(19)6-7-23-18(15)26(25-16)17-11(8-22)4-3-5-13(17)24-9-14(20)21/h3-7,10,14,24H,9H2,1-2H3. The normalized spacial score (nSPS) is 11.3. The Bertz CT molecular complexity index is 991. The number of hydrogen-bond acceptors (Lipinski definition) is 4. The van der Waals surface area contributed by atoms with Crippen LogP contribution in [0.25, 0.3) is 16.7 Å². The summed E-state index contributed by atoms with van der Waals surface area (Å²) in [6, 6.07) is 8.63. The van der Waals surface area contributed by atoms with Crippen molar-refractivity contribution in [1.29, 1.82) is 5.26 Å². The maximum atomic E-state index is 12.7. The minimum Gasteiger partial charge on any atom is -0.378 e. The number of para-hydroxylation sites is 1. The molecule has 3 rings (SSSR count). The number of benzene rings is 1. The number of anilines is 1. The van der Waals surface area contributed by atoms with Gasteiger partial charge in [-0.15, -0.1) is 0 Å². The van der Waals surface area contributed by atoms with Crippen LogP contribution in [0.2, 0.25) is 5.02 Å².